The molecule has 2 atom stereocenters. The molecule has 0 radical (unpaired) electrons. The second-order valence-electron chi connectivity index (χ2n) is 11.7. The molecule has 1 N–H and O–H groups in total. The first-order valence-corrected chi connectivity index (χ1v) is 13.9. The van der Waals surface area contributed by atoms with Crippen molar-refractivity contribution in [1.82, 2.24) is 15.2 Å². The fraction of sp³-hybridized carbons (Fsp3) is 0.567. The number of pyridine rings is 1. The Morgan fingerprint density at radius 1 is 1.03 bits per heavy atom. The van der Waals surface area contributed by atoms with Crippen LogP contribution in [0.15, 0.2) is 42.6 Å². The van der Waals surface area contributed by atoms with Crippen LogP contribution in [0.2, 0.25) is 0 Å². The number of amides is 2. The zero-order valence-electron chi connectivity index (χ0n) is 22.4. The van der Waals surface area contributed by atoms with Crippen molar-refractivity contribution >= 4 is 23.5 Å². The van der Waals surface area contributed by atoms with Crippen molar-refractivity contribution in [2.45, 2.75) is 89.8 Å². The van der Waals surface area contributed by atoms with Crippen LogP contribution >= 0.6 is 0 Å². The van der Waals surface area contributed by atoms with Gasteiger partial charge in [-0.25, -0.2) is 9.78 Å². The Morgan fingerprint density at radius 3 is 2.59 bits per heavy atom. The average molecular weight is 505 g/mol. The van der Waals surface area contributed by atoms with Gasteiger partial charge in [-0.15, -0.1) is 0 Å². The van der Waals surface area contributed by atoms with Crippen molar-refractivity contribution in [1.29, 1.82) is 0 Å². The highest BCUT2D eigenvalue weighted by atomic mass is 16.6. The summed E-state index contributed by atoms with van der Waals surface area (Å²) in [5, 5.41) is 2.99. The second-order valence-corrected chi connectivity index (χ2v) is 11.7. The van der Waals surface area contributed by atoms with Gasteiger partial charge < -0.3 is 19.9 Å². The third-order valence-electron chi connectivity index (χ3n) is 7.91. The van der Waals surface area contributed by atoms with Gasteiger partial charge in [0.05, 0.1) is 6.04 Å². The zero-order chi connectivity index (χ0) is 26.0. The lowest BCUT2D eigenvalue weighted by Crippen LogP contribution is -2.53. The lowest BCUT2D eigenvalue weighted by atomic mass is 9.83. The molecule has 3 aliphatic rings. The standard InChI is InChI=1S/C30H40N4O3/c1-30(2,3)37-29(36)32-27(22-11-5-4-6-12-22)28(35)34-18-9-14-25(34)23-15-17-31-26(20-23)33-19-16-21-10-7-8-13-24(21)33/h7-8,10,13,15,17,20,22,25,27H,4-6,9,11-12,14,16,18-19H2,1-3H3,(H,32,36). The molecule has 2 aromatic rings. The van der Waals surface area contributed by atoms with E-state index in [9.17, 15) is 9.59 Å². The number of hydrogen-bond acceptors (Lipinski definition) is 5. The van der Waals surface area contributed by atoms with Gasteiger partial charge in [-0.3, -0.25) is 4.79 Å². The van der Waals surface area contributed by atoms with E-state index in [-0.39, 0.29) is 17.9 Å². The SMILES string of the molecule is CC(C)(C)OC(=O)NC(C(=O)N1CCCC1c1ccnc(N2CCc3ccccc32)c1)C1CCCCC1. The molecule has 1 saturated heterocycles. The Bertz CT molecular complexity index is 1120. The van der Waals surface area contributed by atoms with Crippen LogP contribution < -0.4 is 10.2 Å². The summed E-state index contributed by atoms with van der Waals surface area (Å²) >= 11 is 0. The van der Waals surface area contributed by atoms with Crippen molar-refractivity contribution in [2.24, 2.45) is 5.92 Å². The quantitative estimate of drug-likeness (QED) is 0.548. The van der Waals surface area contributed by atoms with Crippen molar-refractivity contribution in [3.8, 4) is 0 Å². The molecule has 2 aliphatic heterocycles. The summed E-state index contributed by atoms with van der Waals surface area (Å²) < 4.78 is 5.55. The van der Waals surface area contributed by atoms with Gasteiger partial charge >= 0.3 is 6.09 Å². The maximum Gasteiger partial charge on any atom is 0.408 e. The van der Waals surface area contributed by atoms with Crippen LogP contribution in [0.25, 0.3) is 0 Å². The number of rotatable bonds is 5. The predicted octanol–water partition coefficient (Wildman–Crippen LogP) is 5.91. The number of carbonyl (C=O) groups is 2. The minimum Gasteiger partial charge on any atom is -0.444 e. The number of nitrogens with zero attached hydrogens (tertiary/aromatic N) is 3. The molecular formula is C30H40N4O3. The third kappa shape index (κ3) is 5.76. The lowest BCUT2D eigenvalue weighted by Gasteiger charge is -2.35. The Morgan fingerprint density at radius 2 is 1.81 bits per heavy atom. The highest BCUT2D eigenvalue weighted by molar-refractivity contribution is 5.86. The van der Waals surface area contributed by atoms with Crippen molar-refractivity contribution in [2.75, 3.05) is 18.0 Å². The van der Waals surface area contributed by atoms with E-state index in [1.807, 2.05) is 37.9 Å². The number of para-hydroxylation sites is 1. The van der Waals surface area contributed by atoms with E-state index < -0.39 is 17.7 Å². The minimum atomic E-state index is -0.609. The summed E-state index contributed by atoms with van der Waals surface area (Å²) in [4.78, 5) is 35.8. The number of alkyl carbamates (subject to hydrolysis) is 1. The van der Waals surface area contributed by atoms with Crippen molar-refractivity contribution in [3.05, 3.63) is 53.7 Å². The first kappa shape index (κ1) is 25.6. The maximum absolute atomic E-state index is 14.1. The van der Waals surface area contributed by atoms with Gasteiger partial charge in [-0.1, -0.05) is 37.5 Å². The van der Waals surface area contributed by atoms with Gasteiger partial charge in [0.2, 0.25) is 5.91 Å². The number of anilines is 2. The molecule has 5 rings (SSSR count). The molecule has 7 nitrogen and oxygen atoms in total. The molecule has 2 unspecified atom stereocenters. The van der Waals surface area contributed by atoms with Gasteiger partial charge in [-0.2, -0.15) is 0 Å². The van der Waals surface area contributed by atoms with Gasteiger partial charge in [0, 0.05) is 25.0 Å². The van der Waals surface area contributed by atoms with Crippen LogP contribution in [0.1, 0.15) is 82.9 Å². The molecule has 3 heterocycles. The van der Waals surface area contributed by atoms with Crippen molar-refractivity contribution in [3.63, 3.8) is 0 Å². The molecular weight excluding hydrogens is 464 g/mol. The Hall–Kier alpha value is -3.09. The molecule has 2 fully saturated rings. The maximum atomic E-state index is 14.1. The molecule has 1 saturated carbocycles. The first-order valence-electron chi connectivity index (χ1n) is 13.9. The van der Waals surface area contributed by atoms with E-state index in [1.165, 1.54) is 17.7 Å². The number of nitrogens with one attached hydrogen (secondary N) is 1. The van der Waals surface area contributed by atoms with Gasteiger partial charge in [0.25, 0.3) is 0 Å². The summed E-state index contributed by atoms with van der Waals surface area (Å²) in [6.07, 6.45) is 9.52. The lowest BCUT2D eigenvalue weighted by molar-refractivity contribution is -0.136. The van der Waals surface area contributed by atoms with Gasteiger partial charge in [0.15, 0.2) is 0 Å². The van der Waals surface area contributed by atoms with Crippen molar-refractivity contribution < 1.29 is 14.3 Å². The van der Waals surface area contributed by atoms with E-state index in [4.69, 9.17) is 9.72 Å². The molecule has 198 valence electrons. The number of carbonyl (C=O) groups excluding carboxylic acids is 2. The summed E-state index contributed by atoms with van der Waals surface area (Å²) in [5.41, 5.74) is 3.06. The Kier molecular flexibility index (Phi) is 7.40. The first-order chi connectivity index (χ1) is 17.8. The van der Waals surface area contributed by atoms with E-state index in [2.05, 4.69) is 40.5 Å². The number of ether oxygens (including phenoxy) is 1. The molecule has 2 amide bonds. The number of likely N-dealkylation sites (tertiary alicyclic amines) is 1. The summed E-state index contributed by atoms with van der Waals surface area (Å²) in [6.45, 7) is 7.15. The summed E-state index contributed by atoms with van der Waals surface area (Å²) in [6, 6.07) is 12.1. The van der Waals surface area contributed by atoms with Crippen LogP contribution in [0.4, 0.5) is 16.3 Å². The number of fused-ring (bicyclic) bond motifs is 1. The monoisotopic (exact) mass is 504 g/mol. The van der Waals surface area contributed by atoms with E-state index >= 15 is 0 Å². The van der Waals surface area contributed by atoms with Gasteiger partial charge in [0.1, 0.15) is 17.5 Å². The van der Waals surface area contributed by atoms with Crippen LogP contribution in [-0.4, -0.2) is 46.6 Å². The van der Waals surface area contributed by atoms with Crippen LogP contribution in [-0.2, 0) is 16.0 Å². The third-order valence-corrected chi connectivity index (χ3v) is 7.91. The van der Waals surface area contributed by atoms with Gasteiger partial charge in [-0.05, 0) is 88.1 Å². The molecule has 1 aliphatic carbocycles. The smallest absolute Gasteiger partial charge is 0.408 e. The molecule has 0 spiro atoms. The molecule has 37 heavy (non-hydrogen) atoms. The normalized spacial score (nSPS) is 21.0. The number of benzene rings is 1. The molecule has 1 aromatic heterocycles. The average Bonchev–Trinajstić information content (AvgIpc) is 3.54. The molecule has 7 heteroatoms. The Labute approximate surface area is 220 Å². The summed E-state index contributed by atoms with van der Waals surface area (Å²) in [5.74, 6) is 1.09. The minimum absolute atomic E-state index is 0.0152. The largest absolute Gasteiger partial charge is 0.444 e. The highest BCUT2D eigenvalue weighted by Crippen LogP contribution is 2.38. The fourth-order valence-corrected chi connectivity index (χ4v) is 6.20. The van der Waals surface area contributed by atoms with Crippen LogP contribution in [0.5, 0.6) is 0 Å². The second kappa shape index (κ2) is 10.7. The van der Waals surface area contributed by atoms with E-state index in [0.717, 1.165) is 62.9 Å². The number of aromatic nitrogens is 1. The fourth-order valence-electron chi connectivity index (χ4n) is 6.20. The van der Waals surface area contributed by atoms with E-state index in [1.54, 1.807) is 0 Å². The van der Waals surface area contributed by atoms with E-state index in [0.29, 0.717) is 6.54 Å². The highest BCUT2D eigenvalue weighted by Gasteiger charge is 2.39. The number of hydrogen-bond donors (Lipinski definition) is 1. The zero-order valence-corrected chi connectivity index (χ0v) is 22.4. The molecule has 1 aromatic carbocycles. The Balaban J connectivity index is 1.37. The van der Waals surface area contributed by atoms with Crippen LogP contribution in [0, 0.1) is 5.92 Å². The summed E-state index contributed by atoms with van der Waals surface area (Å²) in [7, 11) is 0. The van der Waals surface area contributed by atoms with Crippen LogP contribution in [0.3, 0.4) is 0 Å². The topological polar surface area (TPSA) is 74.8 Å². The molecule has 0 bridgehead atoms. The predicted molar refractivity (Wildman–Crippen MR) is 145 cm³/mol.